The highest BCUT2D eigenvalue weighted by Crippen LogP contribution is 2.28. The molecule has 0 bridgehead atoms. The Hall–Kier alpha value is -2.29. The summed E-state index contributed by atoms with van der Waals surface area (Å²) in [6.45, 7) is 5.21. The number of hydrogen-bond acceptors (Lipinski definition) is 5. The molecule has 0 atom stereocenters. The molecule has 9 heteroatoms. The molecule has 0 spiro atoms. The van der Waals surface area contributed by atoms with Crippen molar-refractivity contribution in [3.05, 3.63) is 52.5 Å². The number of benzene rings is 2. The Balaban J connectivity index is 2.09. The summed E-state index contributed by atoms with van der Waals surface area (Å²) in [5.74, 6) is 0.900. The fraction of sp³-hybridized carbons (Fsp3) is 0.381. The van der Waals surface area contributed by atoms with Gasteiger partial charge >= 0.3 is 0 Å². The SMILES string of the molecule is CCOc1ccc(CCNC(=O)c2cc(S(=O)(=O)N(C)C)ccc2Cl)cc1OCC. The summed E-state index contributed by atoms with van der Waals surface area (Å²) in [7, 11) is -0.808. The van der Waals surface area contributed by atoms with Gasteiger partial charge in [0.05, 0.1) is 28.7 Å². The van der Waals surface area contributed by atoms with Crippen molar-refractivity contribution in [1.82, 2.24) is 9.62 Å². The number of nitrogens with zero attached hydrogens (tertiary/aromatic N) is 1. The van der Waals surface area contributed by atoms with Crippen LogP contribution in [-0.4, -0.2) is 52.5 Å². The van der Waals surface area contributed by atoms with Gasteiger partial charge in [-0.05, 0) is 56.2 Å². The van der Waals surface area contributed by atoms with Crippen LogP contribution < -0.4 is 14.8 Å². The van der Waals surface area contributed by atoms with E-state index in [2.05, 4.69) is 5.32 Å². The molecule has 2 rings (SSSR count). The minimum atomic E-state index is -3.66. The molecule has 0 fully saturated rings. The highest BCUT2D eigenvalue weighted by atomic mass is 35.5. The van der Waals surface area contributed by atoms with E-state index in [1.54, 1.807) is 0 Å². The molecule has 0 aliphatic rings. The molecule has 0 aliphatic carbocycles. The number of amides is 1. The first kappa shape index (κ1) is 24.0. The van der Waals surface area contributed by atoms with E-state index >= 15 is 0 Å². The van der Waals surface area contributed by atoms with Crippen molar-refractivity contribution >= 4 is 27.5 Å². The Morgan fingerprint density at radius 2 is 1.70 bits per heavy atom. The molecule has 0 unspecified atom stereocenters. The normalized spacial score (nSPS) is 11.4. The number of carbonyl (C=O) groups is 1. The lowest BCUT2D eigenvalue weighted by molar-refractivity contribution is 0.0954. The van der Waals surface area contributed by atoms with E-state index in [1.807, 2.05) is 32.0 Å². The van der Waals surface area contributed by atoms with Crippen LogP contribution in [0.1, 0.15) is 29.8 Å². The molecule has 2 aromatic rings. The zero-order valence-electron chi connectivity index (χ0n) is 17.6. The maximum Gasteiger partial charge on any atom is 0.252 e. The highest BCUT2D eigenvalue weighted by Gasteiger charge is 2.20. The van der Waals surface area contributed by atoms with Crippen molar-refractivity contribution in [1.29, 1.82) is 0 Å². The third-order valence-electron chi connectivity index (χ3n) is 4.27. The van der Waals surface area contributed by atoms with Gasteiger partial charge in [-0.1, -0.05) is 17.7 Å². The Kier molecular flexibility index (Phi) is 8.52. The van der Waals surface area contributed by atoms with E-state index in [9.17, 15) is 13.2 Å². The summed E-state index contributed by atoms with van der Waals surface area (Å²) in [6.07, 6.45) is 0.561. The van der Waals surface area contributed by atoms with Crippen LogP contribution in [0.25, 0.3) is 0 Å². The van der Waals surface area contributed by atoms with Gasteiger partial charge < -0.3 is 14.8 Å². The van der Waals surface area contributed by atoms with Crippen molar-refractivity contribution in [2.75, 3.05) is 33.9 Å². The van der Waals surface area contributed by atoms with Crippen molar-refractivity contribution in [2.45, 2.75) is 25.2 Å². The number of hydrogen-bond donors (Lipinski definition) is 1. The number of nitrogens with one attached hydrogen (secondary N) is 1. The van der Waals surface area contributed by atoms with Gasteiger partial charge in [-0.2, -0.15) is 0 Å². The average molecular weight is 455 g/mol. The quantitative estimate of drug-likeness (QED) is 0.595. The molecule has 0 saturated carbocycles. The number of rotatable bonds is 10. The van der Waals surface area contributed by atoms with Crippen molar-refractivity contribution in [2.24, 2.45) is 0 Å². The zero-order valence-corrected chi connectivity index (χ0v) is 19.1. The number of sulfonamides is 1. The van der Waals surface area contributed by atoms with Gasteiger partial charge in [-0.25, -0.2) is 12.7 Å². The van der Waals surface area contributed by atoms with Crippen LogP contribution in [0.3, 0.4) is 0 Å². The Morgan fingerprint density at radius 1 is 1.03 bits per heavy atom. The third kappa shape index (κ3) is 5.87. The van der Waals surface area contributed by atoms with Gasteiger partial charge in [-0.15, -0.1) is 0 Å². The molecule has 7 nitrogen and oxygen atoms in total. The Morgan fingerprint density at radius 3 is 2.33 bits per heavy atom. The lowest BCUT2D eigenvalue weighted by Crippen LogP contribution is -2.27. The number of halogens is 1. The maximum absolute atomic E-state index is 12.6. The summed E-state index contributed by atoms with van der Waals surface area (Å²) >= 11 is 6.12. The summed E-state index contributed by atoms with van der Waals surface area (Å²) in [5.41, 5.74) is 1.08. The van der Waals surface area contributed by atoms with E-state index < -0.39 is 15.9 Å². The molecular weight excluding hydrogens is 428 g/mol. The van der Waals surface area contributed by atoms with Gasteiger partial charge in [0.15, 0.2) is 11.5 Å². The van der Waals surface area contributed by atoms with Gasteiger partial charge in [0, 0.05) is 20.6 Å². The minimum Gasteiger partial charge on any atom is -0.490 e. The molecule has 0 radical (unpaired) electrons. The summed E-state index contributed by atoms with van der Waals surface area (Å²) in [4.78, 5) is 12.6. The average Bonchev–Trinajstić information content (AvgIpc) is 2.70. The van der Waals surface area contributed by atoms with Gasteiger partial charge in [0.25, 0.3) is 5.91 Å². The van der Waals surface area contributed by atoms with E-state index in [-0.39, 0.29) is 15.5 Å². The van der Waals surface area contributed by atoms with Crippen LogP contribution in [0.2, 0.25) is 5.02 Å². The predicted molar refractivity (Wildman–Crippen MR) is 117 cm³/mol. The fourth-order valence-corrected chi connectivity index (χ4v) is 3.85. The first-order chi connectivity index (χ1) is 14.2. The van der Waals surface area contributed by atoms with Crippen LogP contribution in [0, 0.1) is 0 Å². The van der Waals surface area contributed by atoms with E-state index in [4.69, 9.17) is 21.1 Å². The van der Waals surface area contributed by atoms with E-state index in [0.717, 1.165) is 9.87 Å². The molecule has 30 heavy (non-hydrogen) atoms. The van der Waals surface area contributed by atoms with Crippen LogP contribution >= 0.6 is 11.6 Å². The Labute approximate surface area is 183 Å². The first-order valence-electron chi connectivity index (χ1n) is 9.59. The first-order valence-corrected chi connectivity index (χ1v) is 11.4. The largest absolute Gasteiger partial charge is 0.490 e. The van der Waals surface area contributed by atoms with Crippen molar-refractivity contribution in [3.63, 3.8) is 0 Å². The highest BCUT2D eigenvalue weighted by molar-refractivity contribution is 7.89. The maximum atomic E-state index is 12.6. The standard InChI is InChI=1S/C21H27ClN2O5S/c1-5-28-19-10-7-15(13-20(19)29-6-2)11-12-23-21(25)17-14-16(8-9-18(17)22)30(26,27)24(3)4/h7-10,13-14H,5-6,11-12H2,1-4H3,(H,23,25). The monoisotopic (exact) mass is 454 g/mol. The predicted octanol–water partition coefficient (Wildman–Crippen LogP) is 3.36. The second-order valence-corrected chi connectivity index (χ2v) is 9.14. The molecule has 0 heterocycles. The van der Waals surface area contributed by atoms with Crippen molar-refractivity contribution < 1.29 is 22.7 Å². The van der Waals surface area contributed by atoms with E-state index in [1.165, 1.54) is 32.3 Å². The summed E-state index contributed by atoms with van der Waals surface area (Å²) < 4.78 is 36.9. The lowest BCUT2D eigenvalue weighted by Gasteiger charge is -2.14. The van der Waals surface area contributed by atoms with E-state index in [0.29, 0.717) is 37.7 Å². The molecule has 0 aliphatic heterocycles. The molecule has 1 amide bonds. The summed E-state index contributed by atoms with van der Waals surface area (Å²) in [6, 6.07) is 9.72. The van der Waals surface area contributed by atoms with Crippen molar-refractivity contribution in [3.8, 4) is 11.5 Å². The summed E-state index contributed by atoms with van der Waals surface area (Å²) in [5, 5.41) is 2.97. The van der Waals surface area contributed by atoms with Crippen LogP contribution in [0.15, 0.2) is 41.3 Å². The molecule has 0 saturated heterocycles. The smallest absolute Gasteiger partial charge is 0.252 e. The molecular formula is C21H27ClN2O5S. The van der Waals surface area contributed by atoms with Crippen LogP contribution in [-0.2, 0) is 16.4 Å². The Bertz CT molecular complexity index is 993. The van der Waals surface area contributed by atoms with Crippen LogP contribution in [0.4, 0.5) is 0 Å². The number of carbonyl (C=O) groups excluding carboxylic acids is 1. The molecule has 164 valence electrons. The number of ether oxygens (including phenoxy) is 2. The minimum absolute atomic E-state index is 0.00918. The van der Waals surface area contributed by atoms with Gasteiger partial charge in [0.1, 0.15) is 0 Å². The second kappa shape index (κ2) is 10.7. The fourth-order valence-electron chi connectivity index (χ4n) is 2.72. The van der Waals surface area contributed by atoms with Gasteiger partial charge in [-0.3, -0.25) is 4.79 Å². The third-order valence-corrected chi connectivity index (χ3v) is 6.41. The second-order valence-electron chi connectivity index (χ2n) is 6.58. The lowest BCUT2D eigenvalue weighted by atomic mass is 10.1. The van der Waals surface area contributed by atoms with Gasteiger partial charge in [0.2, 0.25) is 10.0 Å². The van der Waals surface area contributed by atoms with Crippen LogP contribution in [0.5, 0.6) is 11.5 Å². The topological polar surface area (TPSA) is 84.9 Å². The molecule has 0 aromatic heterocycles. The zero-order chi connectivity index (χ0) is 22.3. The molecule has 2 aromatic carbocycles. The molecule has 1 N–H and O–H groups in total.